The van der Waals surface area contributed by atoms with Crippen LogP contribution >= 0.6 is 0 Å². The molecule has 2 saturated carbocycles. The molecule has 0 bridgehead atoms. The van der Waals surface area contributed by atoms with Crippen LogP contribution in [-0.4, -0.2) is 36.5 Å². The molecule has 0 aromatic carbocycles. The summed E-state index contributed by atoms with van der Waals surface area (Å²) in [6.45, 7) is 0.375. The Morgan fingerprint density at radius 1 is 1.23 bits per heavy atom. The Bertz CT molecular complexity index is 638. The summed E-state index contributed by atoms with van der Waals surface area (Å²) in [5, 5.41) is 9.94. The Morgan fingerprint density at radius 3 is 2.62 bits per heavy atom. The van der Waals surface area contributed by atoms with Crippen molar-refractivity contribution in [3.05, 3.63) is 24.2 Å². The molecule has 6 unspecified atom stereocenters. The summed E-state index contributed by atoms with van der Waals surface area (Å²) in [6.07, 6.45) is 5.74. The molecule has 3 aliphatic rings. The zero-order valence-corrected chi connectivity index (χ0v) is 14.7. The van der Waals surface area contributed by atoms with Gasteiger partial charge < -0.3 is 19.0 Å². The molecule has 2 heterocycles. The van der Waals surface area contributed by atoms with Gasteiger partial charge in [0.25, 0.3) is 6.47 Å². The number of cyclic esters (lactones) is 1. The van der Waals surface area contributed by atoms with Crippen molar-refractivity contribution in [1.82, 2.24) is 0 Å². The lowest BCUT2D eigenvalue weighted by molar-refractivity contribution is -0.176. The molecule has 2 aliphatic carbocycles. The minimum Gasteiger partial charge on any atom is -0.472 e. The van der Waals surface area contributed by atoms with E-state index in [1.165, 1.54) is 7.11 Å². The van der Waals surface area contributed by atoms with E-state index in [-0.39, 0.29) is 35.6 Å². The highest BCUT2D eigenvalue weighted by atomic mass is 16.5. The average Bonchev–Trinajstić information content (AvgIpc) is 3.19. The van der Waals surface area contributed by atoms with E-state index in [1.807, 2.05) is 0 Å². The molecule has 1 saturated heterocycles. The van der Waals surface area contributed by atoms with Gasteiger partial charge in [-0.2, -0.15) is 0 Å². The van der Waals surface area contributed by atoms with Gasteiger partial charge in [0.05, 0.1) is 25.6 Å². The Kier molecular flexibility index (Phi) is 5.76. The number of hydrogen-bond acceptors (Lipinski definition) is 7. The fraction of sp³-hybridized carbons (Fsp3) is 0.632. The molecule has 7 heteroatoms. The van der Waals surface area contributed by atoms with Crippen LogP contribution in [0.4, 0.5) is 0 Å². The quantitative estimate of drug-likeness (QED) is 0.633. The first-order chi connectivity index (χ1) is 12.6. The number of ketones is 1. The molecule has 7 nitrogen and oxygen atoms in total. The molecule has 1 aromatic heterocycles. The van der Waals surface area contributed by atoms with Crippen LogP contribution in [0.5, 0.6) is 0 Å². The lowest BCUT2D eigenvalue weighted by Crippen LogP contribution is -2.51. The molecule has 0 radical (unpaired) electrons. The van der Waals surface area contributed by atoms with Crippen LogP contribution in [0, 0.1) is 23.7 Å². The van der Waals surface area contributed by atoms with Gasteiger partial charge in [-0.25, -0.2) is 0 Å². The first kappa shape index (κ1) is 18.6. The Morgan fingerprint density at radius 2 is 1.96 bits per heavy atom. The van der Waals surface area contributed by atoms with E-state index in [2.05, 4.69) is 4.74 Å². The zero-order valence-electron chi connectivity index (χ0n) is 14.7. The zero-order chi connectivity index (χ0) is 18.7. The molecule has 1 aromatic rings. The summed E-state index contributed by atoms with van der Waals surface area (Å²) in [6, 6.07) is 1.80. The number of esters is 1. The van der Waals surface area contributed by atoms with Crippen molar-refractivity contribution in [2.24, 2.45) is 23.7 Å². The molecule has 0 amide bonds. The SMILES string of the molecule is COC=O.O=C1OC(c2ccoc2)CC2C1CCC1CCC(O)C(=O)C12. The summed E-state index contributed by atoms with van der Waals surface area (Å²) in [4.78, 5) is 33.8. The molecular formula is C19H24O7. The summed E-state index contributed by atoms with van der Waals surface area (Å²) < 4.78 is 14.5. The standard InChI is InChI=1S/C17H20O5.C2H4O2/c18-13-4-2-9-1-3-11-12(15(9)16(13)19)7-14(22-17(11)20)10-5-6-21-8-10;1-4-2-3/h5-6,8-9,11-15,18H,1-4,7H2;2H,1H3. The minimum atomic E-state index is -0.856. The Balaban J connectivity index is 0.000000447. The number of carbonyl (C=O) groups excluding carboxylic acids is 3. The van der Waals surface area contributed by atoms with E-state index >= 15 is 0 Å². The van der Waals surface area contributed by atoms with Gasteiger partial charge in [0.1, 0.15) is 12.2 Å². The molecule has 1 aliphatic heterocycles. The number of methoxy groups -OCH3 is 1. The third-order valence-corrected chi connectivity index (χ3v) is 5.86. The Labute approximate surface area is 151 Å². The van der Waals surface area contributed by atoms with Crippen molar-refractivity contribution >= 4 is 18.2 Å². The summed E-state index contributed by atoms with van der Waals surface area (Å²) >= 11 is 0. The molecule has 3 fully saturated rings. The van der Waals surface area contributed by atoms with Gasteiger partial charge in [-0.1, -0.05) is 0 Å². The fourth-order valence-corrected chi connectivity index (χ4v) is 4.68. The van der Waals surface area contributed by atoms with Crippen molar-refractivity contribution in [2.75, 3.05) is 7.11 Å². The monoisotopic (exact) mass is 364 g/mol. The van der Waals surface area contributed by atoms with Crippen molar-refractivity contribution in [3.63, 3.8) is 0 Å². The second-order valence-electron chi connectivity index (χ2n) is 7.18. The van der Waals surface area contributed by atoms with Gasteiger partial charge in [0.2, 0.25) is 0 Å². The van der Waals surface area contributed by atoms with E-state index in [1.54, 1.807) is 18.6 Å². The van der Waals surface area contributed by atoms with Gasteiger partial charge >= 0.3 is 5.97 Å². The first-order valence-corrected chi connectivity index (χ1v) is 8.97. The van der Waals surface area contributed by atoms with Crippen molar-refractivity contribution in [1.29, 1.82) is 0 Å². The molecule has 142 valence electrons. The highest BCUT2D eigenvalue weighted by molar-refractivity contribution is 5.87. The van der Waals surface area contributed by atoms with Crippen LogP contribution in [0.1, 0.15) is 43.8 Å². The van der Waals surface area contributed by atoms with E-state index < -0.39 is 6.10 Å². The number of aliphatic hydroxyl groups is 1. The number of rotatable bonds is 2. The average molecular weight is 364 g/mol. The number of ether oxygens (including phenoxy) is 2. The van der Waals surface area contributed by atoms with Gasteiger partial charge in [-0.05, 0) is 50.0 Å². The predicted molar refractivity (Wildman–Crippen MR) is 88.7 cm³/mol. The van der Waals surface area contributed by atoms with Crippen LogP contribution in [0.25, 0.3) is 0 Å². The second-order valence-corrected chi connectivity index (χ2v) is 7.18. The van der Waals surface area contributed by atoms with Gasteiger partial charge in [0.15, 0.2) is 5.78 Å². The van der Waals surface area contributed by atoms with E-state index in [0.29, 0.717) is 25.2 Å². The smallest absolute Gasteiger partial charge is 0.309 e. The van der Waals surface area contributed by atoms with E-state index in [0.717, 1.165) is 24.8 Å². The summed E-state index contributed by atoms with van der Waals surface area (Å²) in [7, 11) is 1.31. The fourth-order valence-electron chi connectivity index (χ4n) is 4.68. The van der Waals surface area contributed by atoms with Crippen LogP contribution < -0.4 is 0 Å². The summed E-state index contributed by atoms with van der Waals surface area (Å²) in [5.41, 5.74) is 0.845. The topological polar surface area (TPSA) is 103 Å². The predicted octanol–water partition coefficient (Wildman–Crippen LogP) is 2.04. The number of hydrogen-bond donors (Lipinski definition) is 1. The van der Waals surface area contributed by atoms with Crippen LogP contribution in [0.3, 0.4) is 0 Å². The van der Waals surface area contributed by atoms with E-state index in [4.69, 9.17) is 13.9 Å². The minimum absolute atomic E-state index is 0.0117. The van der Waals surface area contributed by atoms with Crippen molar-refractivity contribution in [2.45, 2.75) is 44.3 Å². The number of fused-ring (bicyclic) bond motifs is 3. The third-order valence-electron chi connectivity index (χ3n) is 5.86. The number of Topliss-reactive ketones (excluding diaryl/α,β-unsaturated/α-hetero) is 1. The highest BCUT2D eigenvalue weighted by Crippen LogP contribution is 2.51. The van der Waals surface area contributed by atoms with Crippen LogP contribution in [0.15, 0.2) is 23.0 Å². The van der Waals surface area contributed by atoms with Gasteiger partial charge in [-0.15, -0.1) is 0 Å². The number of carbonyl (C=O) groups is 3. The largest absolute Gasteiger partial charge is 0.472 e. The molecular weight excluding hydrogens is 340 g/mol. The second kappa shape index (κ2) is 8.03. The van der Waals surface area contributed by atoms with Crippen molar-refractivity contribution in [3.8, 4) is 0 Å². The molecule has 6 atom stereocenters. The highest BCUT2D eigenvalue weighted by Gasteiger charge is 2.52. The maximum Gasteiger partial charge on any atom is 0.309 e. The maximum atomic E-state index is 12.5. The third kappa shape index (κ3) is 3.53. The first-order valence-electron chi connectivity index (χ1n) is 8.97. The van der Waals surface area contributed by atoms with Crippen LogP contribution in [0.2, 0.25) is 0 Å². The van der Waals surface area contributed by atoms with E-state index in [9.17, 15) is 14.7 Å². The molecule has 26 heavy (non-hydrogen) atoms. The number of furan rings is 1. The van der Waals surface area contributed by atoms with Crippen molar-refractivity contribution < 1.29 is 33.4 Å². The van der Waals surface area contributed by atoms with Crippen LogP contribution in [-0.2, 0) is 23.9 Å². The lowest BCUT2D eigenvalue weighted by Gasteiger charge is -2.48. The van der Waals surface area contributed by atoms with Gasteiger partial charge in [-0.3, -0.25) is 14.4 Å². The lowest BCUT2D eigenvalue weighted by atomic mass is 9.58. The molecule has 1 N–H and O–H groups in total. The molecule has 0 spiro atoms. The molecule has 4 rings (SSSR count). The van der Waals surface area contributed by atoms with Gasteiger partial charge in [0, 0.05) is 11.5 Å². The maximum absolute atomic E-state index is 12.5. The summed E-state index contributed by atoms with van der Waals surface area (Å²) in [5.74, 6) is -0.348. The normalized spacial score (nSPS) is 35.9. The number of aliphatic hydroxyl groups excluding tert-OH is 1. The Hall–Kier alpha value is -2.15.